The van der Waals surface area contributed by atoms with Crippen LogP contribution in [0, 0.1) is 0 Å². The van der Waals surface area contributed by atoms with E-state index in [0.717, 1.165) is 18.2 Å². The number of aliphatic hydroxyl groups excluding tert-OH is 9. The Morgan fingerprint density at radius 2 is 1.25 bits per heavy atom. The van der Waals surface area contributed by atoms with Gasteiger partial charge in [0.1, 0.15) is 71.6 Å². The van der Waals surface area contributed by atoms with Crippen LogP contribution < -0.4 is 14.2 Å². The number of aromatic hydroxyl groups is 2. The molecular weight excluding hydrogens is 596 g/mol. The largest absolute Gasteiger partial charge is 0.507 e. The lowest BCUT2D eigenvalue weighted by Crippen LogP contribution is -2.60. The van der Waals surface area contributed by atoms with Gasteiger partial charge in [-0.2, -0.15) is 0 Å². The molecule has 242 valence electrons. The fourth-order valence-corrected chi connectivity index (χ4v) is 5.12. The third-order valence-corrected chi connectivity index (χ3v) is 7.61. The van der Waals surface area contributed by atoms with Crippen LogP contribution in [0.4, 0.5) is 0 Å². The number of Topliss-reactive ketones (excluding diaryl/α,β-unsaturated/α-hetero) is 1. The van der Waals surface area contributed by atoms with Crippen LogP contribution in [0.25, 0.3) is 0 Å². The van der Waals surface area contributed by atoms with Crippen molar-refractivity contribution in [2.75, 3.05) is 13.2 Å². The van der Waals surface area contributed by atoms with Gasteiger partial charge in [-0.25, -0.2) is 0 Å². The van der Waals surface area contributed by atoms with Gasteiger partial charge < -0.3 is 79.9 Å². The van der Waals surface area contributed by atoms with Crippen LogP contribution in [-0.4, -0.2) is 143 Å². The second-order valence-electron chi connectivity index (χ2n) is 10.5. The second kappa shape index (κ2) is 12.6. The van der Waals surface area contributed by atoms with Gasteiger partial charge in [0.15, 0.2) is 23.7 Å². The third kappa shape index (κ3) is 5.75. The van der Waals surface area contributed by atoms with Gasteiger partial charge in [0.2, 0.25) is 18.4 Å². The molecule has 17 heteroatoms. The summed E-state index contributed by atoms with van der Waals surface area (Å²) in [6.07, 6.45) is -19.3. The van der Waals surface area contributed by atoms with Crippen molar-refractivity contribution >= 4 is 5.78 Å². The first-order valence-corrected chi connectivity index (χ1v) is 13.4. The predicted molar refractivity (Wildman–Crippen MR) is 139 cm³/mol. The van der Waals surface area contributed by atoms with Crippen LogP contribution >= 0.6 is 0 Å². The lowest BCUT2D eigenvalue weighted by molar-refractivity contribution is -0.277. The summed E-state index contributed by atoms with van der Waals surface area (Å²) in [7, 11) is 0. The number of carbonyl (C=O) groups is 1. The maximum atomic E-state index is 13.0. The Balaban J connectivity index is 1.36. The number of ketones is 1. The molecule has 2 aromatic rings. The van der Waals surface area contributed by atoms with Gasteiger partial charge in [-0.05, 0) is 17.7 Å². The minimum absolute atomic E-state index is 0.0508. The summed E-state index contributed by atoms with van der Waals surface area (Å²) in [6.45, 7) is -1.41. The van der Waals surface area contributed by atoms with Crippen molar-refractivity contribution in [1.82, 2.24) is 0 Å². The number of carbonyl (C=O) groups excluding carboxylic acids is 1. The highest BCUT2D eigenvalue weighted by molar-refractivity contribution is 6.05. The average Bonchev–Trinajstić information content (AvgIpc) is 3.00. The molecule has 44 heavy (non-hydrogen) atoms. The Hall–Kier alpha value is -3.33. The van der Waals surface area contributed by atoms with Crippen molar-refractivity contribution in [3.05, 3.63) is 41.5 Å². The quantitative estimate of drug-likeness (QED) is 0.140. The molecule has 0 spiro atoms. The number of aliphatic hydroxyl groups is 9. The summed E-state index contributed by atoms with van der Waals surface area (Å²) in [4.78, 5) is 13.0. The number of ether oxygens (including phenoxy) is 5. The number of phenolic OH excluding ortho intramolecular Hbond substituents is 2. The van der Waals surface area contributed by atoms with Gasteiger partial charge in [-0.15, -0.1) is 0 Å². The van der Waals surface area contributed by atoms with Crippen molar-refractivity contribution < 1.29 is 84.7 Å². The molecule has 17 nitrogen and oxygen atoms in total. The molecule has 3 aliphatic heterocycles. The van der Waals surface area contributed by atoms with Crippen molar-refractivity contribution in [3.8, 4) is 28.7 Å². The molecule has 2 saturated heterocycles. The minimum atomic E-state index is -1.86. The third-order valence-electron chi connectivity index (χ3n) is 7.61. The SMILES string of the molecule is O=C1c2c(O)cc(O[C@@H]3O[C@H](CO)[C@@H](O)[C@H](O)[C@H]3O)cc2OC(c2ccc(O[C@@H]3O[C@H](CO)[C@@H](O)[C@H](O)[C@H]3O)c(O)c2)C1O. The molecule has 0 bridgehead atoms. The summed E-state index contributed by atoms with van der Waals surface area (Å²) < 4.78 is 27.3. The molecule has 0 radical (unpaired) electrons. The van der Waals surface area contributed by atoms with Gasteiger partial charge in [-0.3, -0.25) is 4.79 Å². The predicted octanol–water partition coefficient (Wildman–Crippen LogP) is -3.87. The van der Waals surface area contributed by atoms with Crippen LogP contribution in [-0.2, 0) is 9.47 Å². The number of phenols is 2. The summed E-state index contributed by atoms with van der Waals surface area (Å²) in [5, 5.41) is 111. The molecule has 0 aromatic heterocycles. The summed E-state index contributed by atoms with van der Waals surface area (Å²) in [5.41, 5.74) is -0.350. The second-order valence-corrected chi connectivity index (χ2v) is 10.5. The molecule has 3 heterocycles. The maximum absolute atomic E-state index is 13.0. The molecule has 2 fully saturated rings. The molecule has 0 saturated carbocycles. The Kier molecular flexibility index (Phi) is 9.17. The van der Waals surface area contributed by atoms with Crippen LogP contribution in [0.1, 0.15) is 22.0 Å². The zero-order valence-corrected chi connectivity index (χ0v) is 22.6. The first-order chi connectivity index (χ1) is 20.9. The molecule has 2 aromatic carbocycles. The normalized spacial score (nSPS) is 37.2. The van der Waals surface area contributed by atoms with E-state index in [1.165, 1.54) is 12.1 Å². The van der Waals surface area contributed by atoms with Crippen LogP contribution in [0.2, 0.25) is 0 Å². The topological polar surface area (TPSA) is 286 Å². The van der Waals surface area contributed by atoms with E-state index >= 15 is 0 Å². The average molecular weight is 629 g/mol. The van der Waals surface area contributed by atoms with Crippen molar-refractivity contribution in [2.24, 2.45) is 0 Å². The van der Waals surface area contributed by atoms with E-state index in [1.807, 2.05) is 0 Å². The summed E-state index contributed by atoms with van der Waals surface area (Å²) in [5.74, 6) is -2.96. The van der Waals surface area contributed by atoms with Gasteiger partial charge in [-0.1, -0.05) is 6.07 Å². The Bertz CT molecular complexity index is 1350. The van der Waals surface area contributed by atoms with E-state index in [1.54, 1.807) is 0 Å². The zero-order chi connectivity index (χ0) is 32.0. The molecule has 2 unspecified atom stereocenters. The van der Waals surface area contributed by atoms with E-state index in [0.29, 0.717) is 0 Å². The monoisotopic (exact) mass is 628 g/mol. The lowest BCUT2D eigenvalue weighted by Gasteiger charge is -2.39. The lowest BCUT2D eigenvalue weighted by atomic mass is 9.92. The highest BCUT2D eigenvalue weighted by Crippen LogP contribution is 2.44. The summed E-state index contributed by atoms with van der Waals surface area (Å²) >= 11 is 0. The van der Waals surface area contributed by atoms with Gasteiger partial charge in [0, 0.05) is 12.1 Å². The smallest absolute Gasteiger partial charge is 0.229 e. The van der Waals surface area contributed by atoms with Crippen molar-refractivity contribution in [2.45, 2.75) is 73.6 Å². The van der Waals surface area contributed by atoms with E-state index in [2.05, 4.69) is 0 Å². The van der Waals surface area contributed by atoms with E-state index in [4.69, 9.17) is 23.7 Å². The van der Waals surface area contributed by atoms with Crippen molar-refractivity contribution in [1.29, 1.82) is 0 Å². The van der Waals surface area contributed by atoms with Crippen LogP contribution in [0.3, 0.4) is 0 Å². The standard InChI is InChI=1S/C27H32O17/c28-6-14-17(32)20(35)23(38)26(43-14)40-9-4-11(31)16-13(5-9)41-25(22(37)19(16)34)8-1-2-12(10(30)3-8)42-27-24(39)21(36)18(33)15(7-29)44-27/h1-5,14-15,17-18,20-33,35-39H,6-7H2/t14-,15-,17-,18-,20+,21+,22?,23-,24-,25?,26-,27-/m1/s1. The number of hydrogen-bond acceptors (Lipinski definition) is 17. The van der Waals surface area contributed by atoms with E-state index in [-0.39, 0.29) is 22.8 Å². The van der Waals surface area contributed by atoms with Crippen LogP contribution in [0.15, 0.2) is 30.3 Å². The minimum Gasteiger partial charge on any atom is -0.507 e. The number of benzene rings is 2. The highest BCUT2D eigenvalue weighted by atomic mass is 16.7. The number of fused-ring (bicyclic) bond motifs is 1. The molecule has 3 aliphatic rings. The molecular formula is C27H32O17. The zero-order valence-electron chi connectivity index (χ0n) is 22.6. The fourth-order valence-electron chi connectivity index (χ4n) is 5.12. The van der Waals surface area contributed by atoms with Gasteiger partial charge in [0.05, 0.1) is 13.2 Å². The molecule has 0 amide bonds. The highest BCUT2D eigenvalue weighted by Gasteiger charge is 2.47. The van der Waals surface area contributed by atoms with Crippen LogP contribution in [0.5, 0.6) is 28.7 Å². The molecule has 0 aliphatic carbocycles. The Morgan fingerprint density at radius 3 is 1.80 bits per heavy atom. The Labute approximate surface area is 247 Å². The molecule has 12 atom stereocenters. The first-order valence-electron chi connectivity index (χ1n) is 13.4. The van der Waals surface area contributed by atoms with E-state index in [9.17, 15) is 61.0 Å². The van der Waals surface area contributed by atoms with Gasteiger partial charge in [0.25, 0.3) is 0 Å². The fraction of sp³-hybridized carbons (Fsp3) is 0.519. The van der Waals surface area contributed by atoms with E-state index < -0.39 is 110 Å². The number of hydrogen-bond donors (Lipinski definition) is 11. The van der Waals surface area contributed by atoms with Crippen molar-refractivity contribution in [3.63, 3.8) is 0 Å². The molecule has 5 rings (SSSR count). The first kappa shape index (κ1) is 32.1. The Morgan fingerprint density at radius 1 is 0.682 bits per heavy atom. The number of rotatable bonds is 7. The molecule has 11 N–H and O–H groups in total. The summed E-state index contributed by atoms with van der Waals surface area (Å²) in [6, 6.07) is 5.63. The van der Waals surface area contributed by atoms with Gasteiger partial charge >= 0.3 is 0 Å². The maximum Gasteiger partial charge on any atom is 0.229 e.